The van der Waals surface area contributed by atoms with Gasteiger partial charge in [-0.3, -0.25) is 15.1 Å². The number of hydrogen-bond acceptors (Lipinski definition) is 7. The van der Waals surface area contributed by atoms with Crippen molar-refractivity contribution in [3.8, 4) is 10.6 Å². The van der Waals surface area contributed by atoms with Gasteiger partial charge in [-0.15, -0.1) is 11.3 Å². The SMILES string of the molecule is CC(O)(NC1COC1)c1ccncc1NC(=O)c1csc(-c2c(F)cccc2F)n1. The standard InChI is InChI=1S/C20H18F2N4O3S/c1-20(28,26-11-8-29-9-11)12-5-6-23-7-15(12)24-18(27)16-10-30-19(25-16)17-13(21)3-2-4-14(17)22/h2-7,10-11,26,28H,8-9H2,1H3,(H,24,27). The lowest BCUT2D eigenvalue weighted by Gasteiger charge is -2.36. The molecule has 3 N–H and O–H groups in total. The van der Waals surface area contributed by atoms with Crippen LogP contribution in [0.4, 0.5) is 14.5 Å². The van der Waals surface area contributed by atoms with Crippen molar-refractivity contribution < 1.29 is 23.4 Å². The molecule has 0 bridgehead atoms. The zero-order valence-corrected chi connectivity index (χ0v) is 16.7. The minimum absolute atomic E-state index is 0.00604. The van der Waals surface area contributed by atoms with Gasteiger partial charge in [-0.2, -0.15) is 0 Å². The second-order valence-corrected chi connectivity index (χ2v) is 7.82. The van der Waals surface area contributed by atoms with E-state index in [2.05, 4.69) is 20.6 Å². The van der Waals surface area contributed by atoms with Crippen LogP contribution in [0.15, 0.2) is 42.0 Å². The number of nitrogens with zero attached hydrogens (tertiary/aromatic N) is 2. The minimum atomic E-state index is -1.44. The summed E-state index contributed by atoms with van der Waals surface area (Å²) in [5.41, 5.74) is -1.03. The number of rotatable bonds is 6. The molecule has 1 aliphatic rings. The van der Waals surface area contributed by atoms with Crippen LogP contribution in [0.3, 0.4) is 0 Å². The average Bonchev–Trinajstić information content (AvgIpc) is 3.15. The Morgan fingerprint density at radius 1 is 1.30 bits per heavy atom. The highest BCUT2D eigenvalue weighted by atomic mass is 32.1. The van der Waals surface area contributed by atoms with Gasteiger partial charge < -0.3 is 15.2 Å². The fourth-order valence-electron chi connectivity index (χ4n) is 3.09. The Labute approximate surface area is 174 Å². The number of hydrogen-bond donors (Lipinski definition) is 3. The van der Waals surface area contributed by atoms with Crippen LogP contribution in [0.25, 0.3) is 10.6 Å². The van der Waals surface area contributed by atoms with E-state index in [9.17, 15) is 18.7 Å². The monoisotopic (exact) mass is 432 g/mol. The molecule has 0 saturated carbocycles. The molecule has 1 aromatic carbocycles. The number of pyridine rings is 1. The third-order valence-corrected chi connectivity index (χ3v) is 5.49. The van der Waals surface area contributed by atoms with Crippen molar-refractivity contribution in [3.63, 3.8) is 0 Å². The van der Waals surface area contributed by atoms with Gasteiger partial charge in [-0.05, 0) is 25.1 Å². The molecule has 0 spiro atoms. The van der Waals surface area contributed by atoms with Crippen molar-refractivity contribution in [2.75, 3.05) is 18.5 Å². The number of anilines is 1. The number of halogens is 2. The normalized spacial score (nSPS) is 16.0. The quantitative estimate of drug-likeness (QED) is 0.519. The molecule has 30 heavy (non-hydrogen) atoms. The van der Waals surface area contributed by atoms with Gasteiger partial charge in [0.1, 0.15) is 28.1 Å². The molecule has 7 nitrogen and oxygen atoms in total. The predicted octanol–water partition coefficient (Wildman–Crippen LogP) is 2.89. The molecule has 0 radical (unpaired) electrons. The molecule has 3 heterocycles. The lowest BCUT2D eigenvalue weighted by molar-refractivity contribution is -0.0692. The van der Waals surface area contributed by atoms with E-state index in [0.29, 0.717) is 18.8 Å². The molecule has 1 fully saturated rings. The van der Waals surface area contributed by atoms with Crippen molar-refractivity contribution in [2.45, 2.75) is 18.7 Å². The Bertz CT molecular complexity index is 1070. The van der Waals surface area contributed by atoms with E-state index in [1.54, 1.807) is 13.0 Å². The summed E-state index contributed by atoms with van der Waals surface area (Å²) in [7, 11) is 0. The Kier molecular flexibility index (Phi) is 5.56. The number of ether oxygens (including phenoxy) is 1. The summed E-state index contributed by atoms with van der Waals surface area (Å²) < 4.78 is 33.1. The van der Waals surface area contributed by atoms with Gasteiger partial charge in [-0.25, -0.2) is 13.8 Å². The molecule has 1 atom stereocenters. The van der Waals surface area contributed by atoms with E-state index in [1.165, 1.54) is 23.8 Å². The molecule has 2 aromatic heterocycles. The number of thiazole rings is 1. The summed E-state index contributed by atoms with van der Waals surface area (Å²) in [6.07, 6.45) is 2.91. The second kappa shape index (κ2) is 8.15. The summed E-state index contributed by atoms with van der Waals surface area (Å²) in [5.74, 6) is -2.10. The van der Waals surface area contributed by atoms with Crippen molar-refractivity contribution in [2.24, 2.45) is 0 Å². The third kappa shape index (κ3) is 4.08. The number of amides is 1. The largest absolute Gasteiger partial charge is 0.378 e. The first-order valence-corrected chi connectivity index (χ1v) is 9.96. The average molecular weight is 432 g/mol. The van der Waals surface area contributed by atoms with E-state index in [1.807, 2.05) is 0 Å². The van der Waals surface area contributed by atoms with Gasteiger partial charge in [0.25, 0.3) is 5.91 Å². The van der Waals surface area contributed by atoms with Crippen molar-refractivity contribution in [1.82, 2.24) is 15.3 Å². The highest BCUT2D eigenvalue weighted by Crippen LogP contribution is 2.30. The summed E-state index contributed by atoms with van der Waals surface area (Å²) in [5, 5.41) is 18.0. The van der Waals surface area contributed by atoms with Gasteiger partial charge in [-0.1, -0.05) is 6.07 Å². The third-order valence-electron chi connectivity index (χ3n) is 4.63. The molecule has 1 aliphatic heterocycles. The predicted molar refractivity (Wildman–Crippen MR) is 107 cm³/mol. The van der Waals surface area contributed by atoms with Crippen molar-refractivity contribution in [3.05, 3.63) is 64.9 Å². The smallest absolute Gasteiger partial charge is 0.275 e. The van der Waals surface area contributed by atoms with E-state index in [-0.39, 0.29) is 28.0 Å². The zero-order valence-electron chi connectivity index (χ0n) is 15.9. The van der Waals surface area contributed by atoms with Gasteiger partial charge in [0.2, 0.25) is 0 Å². The lowest BCUT2D eigenvalue weighted by Crippen LogP contribution is -2.54. The maximum Gasteiger partial charge on any atom is 0.275 e. The molecule has 3 aromatic rings. The van der Waals surface area contributed by atoms with Crippen LogP contribution in [0, 0.1) is 11.6 Å². The molecule has 156 valence electrons. The number of benzene rings is 1. The summed E-state index contributed by atoms with van der Waals surface area (Å²) >= 11 is 0.955. The summed E-state index contributed by atoms with van der Waals surface area (Å²) in [4.78, 5) is 20.8. The Balaban J connectivity index is 1.56. The van der Waals surface area contributed by atoms with Gasteiger partial charge in [0.15, 0.2) is 0 Å². The first kappa shape index (κ1) is 20.5. The van der Waals surface area contributed by atoms with E-state index in [0.717, 1.165) is 23.5 Å². The van der Waals surface area contributed by atoms with Crippen LogP contribution in [0.5, 0.6) is 0 Å². The first-order chi connectivity index (χ1) is 14.3. The number of aromatic nitrogens is 2. The van der Waals surface area contributed by atoms with Crippen LogP contribution in [0.2, 0.25) is 0 Å². The first-order valence-electron chi connectivity index (χ1n) is 9.09. The van der Waals surface area contributed by atoms with Crippen molar-refractivity contribution >= 4 is 22.9 Å². The van der Waals surface area contributed by atoms with E-state index >= 15 is 0 Å². The highest BCUT2D eigenvalue weighted by Gasteiger charge is 2.32. The maximum absolute atomic E-state index is 14.0. The zero-order chi connectivity index (χ0) is 21.3. The van der Waals surface area contributed by atoms with E-state index < -0.39 is 23.3 Å². The molecule has 1 unspecified atom stereocenters. The fraction of sp³-hybridized carbons (Fsp3) is 0.250. The summed E-state index contributed by atoms with van der Waals surface area (Å²) in [6, 6.07) is 5.10. The Morgan fingerprint density at radius 2 is 2.03 bits per heavy atom. The van der Waals surface area contributed by atoms with Crippen LogP contribution in [-0.2, 0) is 10.5 Å². The fourth-order valence-corrected chi connectivity index (χ4v) is 3.94. The molecule has 10 heteroatoms. The number of nitrogens with one attached hydrogen (secondary N) is 2. The Morgan fingerprint density at radius 3 is 2.70 bits per heavy atom. The van der Waals surface area contributed by atoms with Crippen molar-refractivity contribution in [1.29, 1.82) is 0 Å². The highest BCUT2D eigenvalue weighted by molar-refractivity contribution is 7.13. The summed E-state index contributed by atoms with van der Waals surface area (Å²) in [6.45, 7) is 2.53. The van der Waals surface area contributed by atoms with Gasteiger partial charge in [0, 0.05) is 17.1 Å². The number of carbonyl (C=O) groups excluding carboxylic acids is 1. The number of aliphatic hydroxyl groups is 1. The van der Waals surface area contributed by atoms with Crippen LogP contribution >= 0.6 is 11.3 Å². The molecule has 0 aliphatic carbocycles. The van der Waals surface area contributed by atoms with Crippen LogP contribution < -0.4 is 10.6 Å². The molecular formula is C20H18F2N4O3S. The molecular weight excluding hydrogens is 414 g/mol. The second-order valence-electron chi connectivity index (χ2n) is 6.96. The number of carbonyl (C=O) groups is 1. The van der Waals surface area contributed by atoms with E-state index in [4.69, 9.17) is 4.74 Å². The molecule has 1 saturated heterocycles. The van der Waals surface area contributed by atoms with Gasteiger partial charge in [0.05, 0.1) is 36.7 Å². The van der Waals surface area contributed by atoms with Crippen LogP contribution in [-0.4, -0.2) is 40.2 Å². The molecule has 1 amide bonds. The van der Waals surface area contributed by atoms with Crippen LogP contribution in [0.1, 0.15) is 23.0 Å². The lowest BCUT2D eigenvalue weighted by atomic mass is 10.0. The topological polar surface area (TPSA) is 96.4 Å². The maximum atomic E-state index is 14.0. The Hall–Kier alpha value is -2.79. The minimum Gasteiger partial charge on any atom is -0.378 e. The molecule has 4 rings (SSSR count). The van der Waals surface area contributed by atoms with Gasteiger partial charge >= 0.3 is 0 Å².